The molecule has 148 valence electrons. The van der Waals surface area contributed by atoms with Crippen LogP contribution in [0.25, 0.3) is 11.4 Å². The van der Waals surface area contributed by atoms with E-state index in [1.54, 1.807) is 40.7 Å². The number of hydrogen-bond acceptors (Lipinski definition) is 10. The van der Waals surface area contributed by atoms with Crippen molar-refractivity contribution < 1.29 is 4.42 Å². The smallest absolute Gasteiger partial charge is 0.278 e. The van der Waals surface area contributed by atoms with Crippen LogP contribution in [0.5, 0.6) is 0 Å². The highest BCUT2D eigenvalue weighted by Crippen LogP contribution is 2.33. The molecule has 0 radical (unpaired) electrons. The van der Waals surface area contributed by atoms with E-state index in [-0.39, 0.29) is 12.5 Å². The Morgan fingerprint density at radius 3 is 2.67 bits per heavy atom. The number of hydrogen-bond donors (Lipinski definition) is 1. The maximum absolute atomic E-state index is 5.87. The number of nitrogens with two attached hydrogens (primary N) is 1. The molecule has 0 saturated heterocycles. The lowest BCUT2D eigenvalue weighted by Crippen LogP contribution is -2.16. The van der Waals surface area contributed by atoms with Gasteiger partial charge in [-0.25, -0.2) is 9.58 Å². The van der Waals surface area contributed by atoms with E-state index in [0.717, 1.165) is 11.3 Å². The minimum atomic E-state index is 0.244. The fraction of sp³-hybridized carbons (Fsp3) is 0.0556. The van der Waals surface area contributed by atoms with Crippen molar-refractivity contribution in [2.45, 2.75) is 6.54 Å². The van der Waals surface area contributed by atoms with Crippen LogP contribution in [-0.2, 0) is 6.54 Å². The van der Waals surface area contributed by atoms with Crippen LogP contribution in [0, 0.1) is 0 Å². The average Bonchev–Trinajstić information content (AvgIpc) is 3.57. The zero-order valence-corrected chi connectivity index (χ0v) is 15.5. The van der Waals surface area contributed by atoms with Crippen LogP contribution in [0.3, 0.4) is 0 Å². The van der Waals surface area contributed by atoms with Crippen molar-refractivity contribution in [1.29, 1.82) is 0 Å². The van der Waals surface area contributed by atoms with Crippen LogP contribution in [0.15, 0.2) is 72.1 Å². The summed E-state index contributed by atoms with van der Waals surface area (Å²) in [6.45, 7) is 0.254. The summed E-state index contributed by atoms with van der Waals surface area (Å²) in [5.74, 6) is 0.580. The molecule has 12 heteroatoms. The minimum Gasteiger partial charge on any atom is -0.470 e. The lowest BCUT2D eigenvalue weighted by molar-refractivity contribution is 0.564. The molecule has 4 heterocycles. The van der Waals surface area contributed by atoms with Gasteiger partial charge in [-0.1, -0.05) is 23.3 Å². The van der Waals surface area contributed by atoms with Gasteiger partial charge in [-0.2, -0.15) is 15.2 Å². The summed E-state index contributed by atoms with van der Waals surface area (Å²) in [5, 5.41) is 24.9. The second-order valence-corrected chi connectivity index (χ2v) is 6.13. The van der Waals surface area contributed by atoms with E-state index in [4.69, 9.17) is 10.2 Å². The molecule has 5 aromatic rings. The van der Waals surface area contributed by atoms with Crippen LogP contribution in [0.1, 0.15) is 5.56 Å². The van der Waals surface area contributed by atoms with Gasteiger partial charge in [0.2, 0.25) is 0 Å². The first-order valence-corrected chi connectivity index (χ1v) is 8.93. The van der Waals surface area contributed by atoms with Gasteiger partial charge in [0.05, 0.1) is 30.0 Å². The van der Waals surface area contributed by atoms with Gasteiger partial charge in [0.25, 0.3) is 11.9 Å². The molecule has 0 bridgehead atoms. The van der Waals surface area contributed by atoms with Gasteiger partial charge >= 0.3 is 0 Å². The second-order valence-electron chi connectivity index (χ2n) is 6.13. The van der Waals surface area contributed by atoms with Gasteiger partial charge in [0.1, 0.15) is 18.3 Å². The van der Waals surface area contributed by atoms with Gasteiger partial charge in [-0.15, -0.1) is 15.0 Å². The van der Waals surface area contributed by atoms with E-state index in [1.165, 1.54) is 11.0 Å². The summed E-state index contributed by atoms with van der Waals surface area (Å²) in [6.07, 6.45) is 7.79. The van der Waals surface area contributed by atoms with Gasteiger partial charge in [-0.05, 0) is 23.4 Å². The van der Waals surface area contributed by atoms with Crippen LogP contribution in [-0.4, -0.2) is 45.2 Å². The average molecular weight is 401 g/mol. The van der Waals surface area contributed by atoms with Gasteiger partial charge in [0.15, 0.2) is 0 Å². The Morgan fingerprint density at radius 1 is 0.967 bits per heavy atom. The Hall–Kier alpha value is -4.45. The lowest BCUT2D eigenvalue weighted by Gasteiger charge is -2.15. The standard InChI is InChI=1S/C18H15N11O/c19-8-13-10-30-11-16(13)28(17-20-12-27(24-17)14-4-2-1-3-5-14)18-23-26-29(25-18)15-6-7-21-22-9-15/h1-7,9-12H,8,19H2. The minimum absolute atomic E-state index is 0.244. The molecule has 1 aromatic carbocycles. The first-order chi connectivity index (χ1) is 14.8. The van der Waals surface area contributed by atoms with Crippen LogP contribution in [0.4, 0.5) is 17.6 Å². The molecule has 2 N–H and O–H groups in total. The molecular formula is C18H15N11O. The van der Waals surface area contributed by atoms with E-state index in [1.807, 2.05) is 30.3 Å². The molecule has 4 aromatic heterocycles. The molecule has 0 unspecified atom stereocenters. The Bertz CT molecular complexity index is 1170. The van der Waals surface area contributed by atoms with Gasteiger partial charge in [-0.3, -0.25) is 0 Å². The van der Waals surface area contributed by atoms with Crippen molar-refractivity contribution in [3.8, 4) is 11.4 Å². The van der Waals surface area contributed by atoms with Gasteiger partial charge in [0, 0.05) is 12.1 Å². The first kappa shape index (κ1) is 17.6. The Balaban J connectivity index is 1.59. The number of para-hydroxylation sites is 1. The zero-order chi connectivity index (χ0) is 20.3. The van der Waals surface area contributed by atoms with Crippen molar-refractivity contribution in [1.82, 2.24) is 45.2 Å². The number of rotatable bonds is 6. The highest BCUT2D eigenvalue weighted by atomic mass is 16.3. The fourth-order valence-electron chi connectivity index (χ4n) is 2.84. The van der Waals surface area contributed by atoms with Crippen LogP contribution < -0.4 is 10.6 Å². The monoisotopic (exact) mass is 401 g/mol. The maximum atomic E-state index is 5.87. The van der Waals surface area contributed by atoms with Crippen molar-refractivity contribution in [2.24, 2.45) is 5.73 Å². The molecule has 0 aliphatic rings. The molecule has 0 aliphatic heterocycles. The molecule has 0 aliphatic carbocycles. The SMILES string of the molecule is NCc1cocc1N(c1ncn(-c2ccccc2)n1)c1nnn(-c2ccnnc2)n1. The molecule has 0 saturated carbocycles. The largest absolute Gasteiger partial charge is 0.470 e. The van der Waals surface area contributed by atoms with E-state index in [9.17, 15) is 0 Å². The Labute approximate surface area is 169 Å². The Morgan fingerprint density at radius 2 is 1.87 bits per heavy atom. The number of benzene rings is 1. The fourth-order valence-corrected chi connectivity index (χ4v) is 2.84. The summed E-state index contributed by atoms with van der Waals surface area (Å²) in [7, 11) is 0. The normalized spacial score (nSPS) is 11.0. The van der Waals surface area contributed by atoms with Crippen LogP contribution >= 0.6 is 0 Å². The molecule has 0 fully saturated rings. The summed E-state index contributed by atoms with van der Waals surface area (Å²) in [4.78, 5) is 7.41. The van der Waals surface area contributed by atoms with E-state index < -0.39 is 0 Å². The molecular weight excluding hydrogens is 386 g/mol. The molecule has 0 atom stereocenters. The molecule has 0 spiro atoms. The molecule has 5 rings (SSSR count). The Kier molecular flexibility index (Phi) is 4.42. The van der Waals surface area contributed by atoms with Crippen LogP contribution in [0.2, 0.25) is 0 Å². The van der Waals surface area contributed by atoms with Crippen molar-refractivity contribution in [2.75, 3.05) is 4.90 Å². The number of nitrogens with zero attached hydrogens (tertiary/aromatic N) is 10. The number of aromatic nitrogens is 9. The van der Waals surface area contributed by atoms with E-state index in [0.29, 0.717) is 17.3 Å². The predicted octanol–water partition coefficient (Wildman–Crippen LogP) is 1.55. The molecule has 0 amide bonds. The van der Waals surface area contributed by atoms with Gasteiger partial charge < -0.3 is 10.2 Å². The molecule has 30 heavy (non-hydrogen) atoms. The third-order valence-corrected chi connectivity index (χ3v) is 4.28. The van der Waals surface area contributed by atoms with Crippen molar-refractivity contribution >= 4 is 17.6 Å². The maximum Gasteiger partial charge on any atom is 0.278 e. The second kappa shape index (κ2) is 7.52. The summed E-state index contributed by atoms with van der Waals surface area (Å²) in [5.41, 5.74) is 8.71. The quantitative estimate of drug-likeness (QED) is 0.445. The first-order valence-electron chi connectivity index (χ1n) is 8.93. The molecule has 12 nitrogen and oxygen atoms in total. The summed E-state index contributed by atoms with van der Waals surface area (Å²) in [6, 6.07) is 11.4. The van der Waals surface area contributed by atoms with Crippen molar-refractivity contribution in [3.05, 3.63) is 73.2 Å². The lowest BCUT2D eigenvalue weighted by atomic mass is 10.3. The number of tetrazole rings is 1. The summed E-state index contributed by atoms with van der Waals surface area (Å²) >= 11 is 0. The third-order valence-electron chi connectivity index (χ3n) is 4.28. The highest BCUT2D eigenvalue weighted by molar-refractivity contribution is 5.69. The third kappa shape index (κ3) is 3.16. The highest BCUT2D eigenvalue weighted by Gasteiger charge is 2.25. The van der Waals surface area contributed by atoms with E-state index >= 15 is 0 Å². The zero-order valence-electron chi connectivity index (χ0n) is 15.5. The predicted molar refractivity (Wildman–Crippen MR) is 105 cm³/mol. The van der Waals surface area contributed by atoms with E-state index in [2.05, 4.69) is 35.7 Å². The number of furan rings is 1. The summed E-state index contributed by atoms with van der Waals surface area (Å²) < 4.78 is 7.01. The topological polar surface area (TPSA) is 142 Å². The van der Waals surface area contributed by atoms with Crippen molar-refractivity contribution in [3.63, 3.8) is 0 Å². The number of anilines is 3.